The number of Topliss-reactive ketones (excluding diaryl/α,β-unsaturated/α-hetero) is 1. The summed E-state index contributed by atoms with van der Waals surface area (Å²) in [5.41, 5.74) is 0.122. The first-order chi connectivity index (χ1) is 16.2. The van der Waals surface area contributed by atoms with Crippen LogP contribution in [0.2, 0.25) is 0 Å². The lowest BCUT2D eigenvalue weighted by Gasteiger charge is -2.56. The molecular weight excluding hydrogens is 434 g/mol. The van der Waals surface area contributed by atoms with Crippen molar-refractivity contribution in [3.63, 3.8) is 0 Å². The van der Waals surface area contributed by atoms with Gasteiger partial charge in [-0.25, -0.2) is 4.79 Å². The maximum atomic E-state index is 13.6. The third-order valence-corrected chi connectivity index (χ3v) is 8.66. The molecule has 184 valence electrons. The minimum absolute atomic E-state index is 0.0535. The van der Waals surface area contributed by atoms with Crippen LogP contribution in [-0.4, -0.2) is 38.0 Å². The number of ether oxygens (including phenoxy) is 3. The van der Waals surface area contributed by atoms with Crippen LogP contribution >= 0.6 is 0 Å². The van der Waals surface area contributed by atoms with Crippen molar-refractivity contribution in [2.45, 2.75) is 64.9 Å². The van der Waals surface area contributed by atoms with Gasteiger partial charge in [-0.15, -0.1) is 0 Å². The van der Waals surface area contributed by atoms with Gasteiger partial charge < -0.3 is 19.5 Å². The van der Waals surface area contributed by atoms with Crippen molar-refractivity contribution in [2.24, 2.45) is 35.0 Å². The molecule has 34 heavy (non-hydrogen) atoms. The number of hydrogen-bond donors (Lipinski definition) is 1. The summed E-state index contributed by atoms with van der Waals surface area (Å²) in [5.74, 6) is 2.20. The van der Waals surface area contributed by atoms with Crippen LogP contribution in [0.25, 0.3) is 0 Å². The van der Waals surface area contributed by atoms with E-state index in [1.807, 2.05) is 6.92 Å². The van der Waals surface area contributed by atoms with E-state index in [4.69, 9.17) is 14.2 Å². The summed E-state index contributed by atoms with van der Waals surface area (Å²) >= 11 is 0. The molecule has 5 saturated carbocycles. The zero-order valence-corrected chi connectivity index (χ0v) is 20.5. The summed E-state index contributed by atoms with van der Waals surface area (Å²) in [6, 6.07) is 3.08. The number of hydrogen-bond acceptors (Lipinski definition) is 6. The van der Waals surface area contributed by atoms with Crippen LogP contribution < -0.4 is 14.8 Å². The van der Waals surface area contributed by atoms with Crippen molar-refractivity contribution in [3.8, 4) is 11.5 Å². The Labute approximate surface area is 200 Å². The molecule has 7 nitrogen and oxygen atoms in total. The Balaban J connectivity index is 1.36. The molecule has 0 heterocycles. The van der Waals surface area contributed by atoms with Crippen molar-refractivity contribution in [3.05, 3.63) is 17.7 Å². The number of carbonyl (C=O) groups is 3. The van der Waals surface area contributed by atoms with Gasteiger partial charge in [-0.3, -0.25) is 9.59 Å². The molecule has 0 aromatic heterocycles. The summed E-state index contributed by atoms with van der Waals surface area (Å²) in [7, 11) is 2.98. The van der Waals surface area contributed by atoms with E-state index in [9.17, 15) is 14.4 Å². The lowest BCUT2D eigenvalue weighted by Crippen LogP contribution is -2.52. The maximum absolute atomic E-state index is 13.6. The van der Waals surface area contributed by atoms with Crippen molar-refractivity contribution in [1.29, 1.82) is 0 Å². The van der Waals surface area contributed by atoms with Gasteiger partial charge in [-0.2, -0.15) is 0 Å². The minimum atomic E-state index is -0.844. The number of carbonyl (C=O) groups excluding carboxylic acids is 3. The normalized spacial score (nSPS) is 33.7. The lowest BCUT2D eigenvalue weighted by atomic mass is 9.48. The van der Waals surface area contributed by atoms with Gasteiger partial charge in [0.05, 0.1) is 25.5 Å². The second kappa shape index (κ2) is 8.58. The van der Waals surface area contributed by atoms with Gasteiger partial charge in [0.25, 0.3) is 0 Å². The predicted molar refractivity (Wildman–Crippen MR) is 126 cm³/mol. The number of ketones is 1. The van der Waals surface area contributed by atoms with Crippen molar-refractivity contribution >= 4 is 23.3 Å². The van der Waals surface area contributed by atoms with Gasteiger partial charge in [-0.05, 0) is 75.5 Å². The quantitative estimate of drug-likeness (QED) is 0.558. The number of esters is 1. The molecule has 1 amide bonds. The SMILES string of the molecule is COc1cc(NC(=O)C2CC2C)c(C(=O)OC(C)C(=O)C23CC4CC(CC(C4)C2)C3)cc1OC. The van der Waals surface area contributed by atoms with Crippen LogP contribution in [0, 0.1) is 35.0 Å². The van der Waals surface area contributed by atoms with Crippen LogP contribution in [0.15, 0.2) is 12.1 Å². The van der Waals surface area contributed by atoms with Gasteiger partial charge in [0, 0.05) is 23.5 Å². The summed E-state index contributed by atoms with van der Waals surface area (Å²) in [6.45, 7) is 3.70. The standard InChI is InChI=1S/C27H35NO6/c1-14-5-19(14)25(30)28-21-10-23(33-4)22(32-3)9-20(21)26(31)34-15(2)24(29)27-11-16-6-17(12-27)8-18(7-16)13-27/h9-10,14-19H,5-8,11-13H2,1-4H3,(H,28,30). The first-order valence-electron chi connectivity index (χ1n) is 12.5. The van der Waals surface area contributed by atoms with Gasteiger partial charge >= 0.3 is 5.97 Å². The van der Waals surface area contributed by atoms with Crippen LogP contribution in [0.1, 0.15) is 69.2 Å². The van der Waals surface area contributed by atoms with E-state index >= 15 is 0 Å². The molecule has 6 rings (SSSR count). The number of benzene rings is 1. The Morgan fingerprint density at radius 2 is 1.47 bits per heavy atom. The van der Waals surface area contributed by atoms with Gasteiger partial charge in [-0.1, -0.05) is 6.92 Å². The molecule has 4 bridgehead atoms. The number of methoxy groups -OCH3 is 2. The minimum Gasteiger partial charge on any atom is -0.493 e. The highest BCUT2D eigenvalue weighted by Gasteiger charge is 2.55. The zero-order chi connectivity index (χ0) is 24.2. The van der Waals surface area contributed by atoms with Crippen molar-refractivity contribution in [2.75, 3.05) is 19.5 Å². The first kappa shape index (κ1) is 23.2. The smallest absolute Gasteiger partial charge is 0.341 e. The molecule has 5 fully saturated rings. The molecule has 3 atom stereocenters. The topological polar surface area (TPSA) is 90.9 Å². The maximum Gasteiger partial charge on any atom is 0.341 e. The average molecular weight is 470 g/mol. The molecule has 0 spiro atoms. The molecule has 5 aliphatic rings. The Kier molecular flexibility index (Phi) is 5.85. The molecular formula is C27H35NO6. The van der Waals surface area contributed by atoms with Crippen LogP contribution in [0.5, 0.6) is 11.5 Å². The van der Waals surface area contributed by atoms with E-state index in [2.05, 4.69) is 5.32 Å². The third kappa shape index (κ3) is 4.07. The summed E-state index contributed by atoms with van der Waals surface area (Å²) in [6.07, 6.45) is 6.50. The number of anilines is 1. The molecule has 7 heteroatoms. The van der Waals surface area contributed by atoms with Crippen molar-refractivity contribution in [1.82, 2.24) is 0 Å². The molecule has 0 saturated heterocycles. The van der Waals surface area contributed by atoms with E-state index in [0.29, 0.717) is 40.9 Å². The molecule has 5 aliphatic carbocycles. The predicted octanol–water partition coefficient (Wildman–Crippen LogP) is 4.63. The van der Waals surface area contributed by atoms with Crippen LogP contribution in [0.3, 0.4) is 0 Å². The van der Waals surface area contributed by atoms with E-state index in [1.54, 1.807) is 13.0 Å². The highest BCUT2D eigenvalue weighted by atomic mass is 16.5. The van der Waals surface area contributed by atoms with E-state index in [-0.39, 0.29) is 28.6 Å². The first-order valence-corrected chi connectivity index (χ1v) is 12.5. The molecule has 3 unspecified atom stereocenters. The van der Waals surface area contributed by atoms with Crippen molar-refractivity contribution < 1.29 is 28.6 Å². The van der Waals surface area contributed by atoms with E-state index in [1.165, 1.54) is 39.5 Å². The van der Waals surface area contributed by atoms with Crippen LogP contribution in [0.4, 0.5) is 5.69 Å². The zero-order valence-electron chi connectivity index (χ0n) is 20.5. The number of rotatable bonds is 8. The van der Waals surface area contributed by atoms with Gasteiger partial charge in [0.15, 0.2) is 23.4 Å². The molecule has 1 aromatic rings. The fourth-order valence-corrected chi connectivity index (χ4v) is 7.19. The molecule has 0 radical (unpaired) electrons. The monoisotopic (exact) mass is 469 g/mol. The molecule has 1 N–H and O–H groups in total. The second-order valence-corrected chi connectivity index (χ2v) is 11.2. The van der Waals surface area contributed by atoms with E-state index in [0.717, 1.165) is 25.7 Å². The third-order valence-electron chi connectivity index (χ3n) is 8.66. The number of amides is 1. The largest absolute Gasteiger partial charge is 0.493 e. The summed E-state index contributed by atoms with van der Waals surface area (Å²) < 4.78 is 16.5. The highest BCUT2D eigenvalue weighted by molar-refractivity contribution is 6.04. The fourth-order valence-electron chi connectivity index (χ4n) is 7.19. The summed E-state index contributed by atoms with van der Waals surface area (Å²) in [4.78, 5) is 39.5. The Hall–Kier alpha value is -2.57. The van der Waals surface area contributed by atoms with Gasteiger partial charge in [0.1, 0.15) is 0 Å². The highest BCUT2D eigenvalue weighted by Crippen LogP contribution is 2.60. The van der Waals surface area contributed by atoms with Crippen LogP contribution in [-0.2, 0) is 14.3 Å². The summed E-state index contributed by atoms with van der Waals surface area (Å²) in [5, 5.41) is 2.86. The second-order valence-electron chi connectivity index (χ2n) is 11.2. The van der Waals surface area contributed by atoms with E-state index < -0.39 is 12.1 Å². The van der Waals surface area contributed by atoms with Gasteiger partial charge in [0.2, 0.25) is 5.91 Å². The Morgan fingerprint density at radius 1 is 0.941 bits per heavy atom. The average Bonchev–Trinajstić information content (AvgIpc) is 3.53. The lowest BCUT2D eigenvalue weighted by molar-refractivity contribution is -0.152. The Morgan fingerprint density at radius 3 is 1.97 bits per heavy atom. The molecule has 0 aliphatic heterocycles. The fraction of sp³-hybridized carbons (Fsp3) is 0.667. The molecule has 1 aromatic carbocycles. The Bertz CT molecular complexity index is 981. The number of nitrogens with one attached hydrogen (secondary N) is 1.